The lowest BCUT2D eigenvalue weighted by Crippen LogP contribution is -2.44. The molecule has 2 rings (SSSR count). The van der Waals surface area contributed by atoms with Crippen molar-refractivity contribution in [2.45, 2.75) is 6.04 Å². The molecule has 1 aromatic rings. The molecule has 1 aromatic carbocycles. The van der Waals surface area contributed by atoms with Crippen LogP contribution in [-0.4, -0.2) is 36.4 Å². The molecule has 20 heavy (non-hydrogen) atoms. The highest BCUT2D eigenvalue weighted by molar-refractivity contribution is 5.91. The topological polar surface area (TPSA) is 111 Å². The molecule has 0 bridgehead atoms. The maximum atomic E-state index is 11.8. The number of carboxylic acids is 1. The number of nitrogens with zero attached hydrogens (tertiary/aromatic N) is 1. The zero-order valence-corrected chi connectivity index (χ0v) is 10.5. The molecule has 1 aliphatic heterocycles. The van der Waals surface area contributed by atoms with E-state index in [1.807, 2.05) is 6.07 Å². The van der Waals surface area contributed by atoms with Crippen molar-refractivity contribution in [3.63, 3.8) is 0 Å². The van der Waals surface area contributed by atoms with E-state index in [2.05, 4.69) is 10.6 Å². The number of carbonyl (C=O) groups excluding carboxylic acids is 1. The Bertz CT molecular complexity index is 567. The molecule has 2 amide bonds. The van der Waals surface area contributed by atoms with Gasteiger partial charge in [-0.05, 0) is 12.1 Å². The van der Waals surface area contributed by atoms with Crippen LogP contribution in [0.3, 0.4) is 0 Å². The molecule has 2 unspecified atom stereocenters. The summed E-state index contributed by atoms with van der Waals surface area (Å²) in [6, 6.07) is 7.37. The minimum Gasteiger partial charge on any atom is -0.481 e. The van der Waals surface area contributed by atoms with Crippen LogP contribution in [0.25, 0.3) is 0 Å². The minimum absolute atomic E-state index is 0.0784. The third-order valence-corrected chi connectivity index (χ3v) is 3.01. The van der Waals surface area contributed by atoms with Crippen molar-refractivity contribution >= 4 is 17.7 Å². The third kappa shape index (κ3) is 3.05. The summed E-state index contributed by atoms with van der Waals surface area (Å²) in [6.45, 7) is 0.235. The lowest BCUT2D eigenvalue weighted by molar-refractivity contribution is -0.142. The van der Waals surface area contributed by atoms with Gasteiger partial charge in [0.05, 0.1) is 30.5 Å². The molecule has 1 saturated heterocycles. The maximum absolute atomic E-state index is 11.8. The number of para-hydroxylation sites is 1. The molecule has 7 nitrogen and oxygen atoms in total. The molecule has 0 radical (unpaired) electrons. The van der Waals surface area contributed by atoms with Crippen molar-refractivity contribution < 1.29 is 19.4 Å². The fourth-order valence-corrected chi connectivity index (χ4v) is 1.96. The Kier molecular flexibility index (Phi) is 4.17. The number of nitriles is 1. The van der Waals surface area contributed by atoms with E-state index in [9.17, 15) is 9.59 Å². The SMILES string of the molecule is N#Cc1ccccc1NC(=O)NC1COCC1C(=O)O. The lowest BCUT2D eigenvalue weighted by atomic mass is 10.0. The van der Waals surface area contributed by atoms with E-state index in [1.54, 1.807) is 24.3 Å². The highest BCUT2D eigenvalue weighted by atomic mass is 16.5. The summed E-state index contributed by atoms with van der Waals surface area (Å²) in [5.74, 6) is -1.77. The van der Waals surface area contributed by atoms with Crippen LogP contribution in [0.2, 0.25) is 0 Å². The Labute approximate surface area is 115 Å². The van der Waals surface area contributed by atoms with Gasteiger partial charge in [-0.25, -0.2) is 4.79 Å². The molecular formula is C13H13N3O4. The highest BCUT2D eigenvalue weighted by Crippen LogP contribution is 2.16. The van der Waals surface area contributed by atoms with Crippen molar-refractivity contribution in [2.24, 2.45) is 5.92 Å². The number of aliphatic carboxylic acids is 1. The summed E-state index contributed by atoms with van der Waals surface area (Å²) in [7, 11) is 0. The number of carboxylic acid groups (broad SMARTS) is 1. The fraction of sp³-hybridized carbons (Fsp3) is 0.308. The maximum Gasteiger partial charge on any atom is 0.319 e. The van der Waals surface area contributed by atoms with E-state index in [-0.39, 0.29) is 13.2 Å². The molecule has 1 fully saturated rings. The number of carbonyl (C=O) groups is 2. The number of anilines is 1. The van der Waals surface area contributed by atoms with Crippen LogP contribution in [-0.2, 0) is 9.53 Å². The number of hydrogen-bond acceptors (Lipinski definition) is 4. The van der Waals surface area contributed by atoms with Crippen LogP contribution in [0.4, 0.5) is 10.5 Å². The highest BCUT2D eigenvalue weighted by Gasteiger charge is 2.35. The van der Waals surface area contributed by atoms with E-state index in [4.69, 9.17) is 15.1 Å². The summed E-state index contributed by atoms with van der Waals surface area (Å²) >= 11 is 0. The second kappa shape index (κ2) is 6.04. The number of rotatable bonds is 3. The van der Waals surface area contributed by atoms with Crippen molar-refractivity contribution in [3.8, 4) is 6.07 Å². The van der Waals surface area contributed by atoms with Crippen LogP contribution in [0.15, 0.2) is 24.3 Å². The first kappa shape index (κ1) is 13.8. The average molecular weight is 275 g/mol. The zero-order valence-electron chi connectivity index (χ0n) is 10.5. The molecule has 7 heteroatoms. The Balaban J connectivity index is 1.99. The standard InChI is InChI=1S/C13H13N3O4/c14-5-8-3-1-2-4-10(8)15-13(19)16-11-7-20-6-9(11)12(17)18/h1-4,9,11H,6-7H2,(H,17,18)(H2,15,16,19). The quantitative estimate of drug-likeness (QED) is 0.754. The number of ether oxygens (including phenoxy) is 1. The third-order valence-electron chi connectivity index (χ3n) is 3.01. The van der Waals surface area contributed by atoms with E-state index >= 15 is 0 Å². The van der Waals surface area contributed by atoms with E-state index in [1.165, 1.54) is 0 Å². The van der Waals surface area contributed by atoms with Crippen LogP contribution in [0.5, 0.6) is 0 Å². The van der Waals surface area contributed by atoms with Crippen molar-refractivity contribution in [1.82, 2.24) is 5.32 Å². The summed E-state index contributed by atoms with van der Waals surface area (Å²) in [5.41, 5.74) is 0.707. The molecule has 2 atom stereocenters. The van der Waals surface area contributed by atoms with E-state index < -0.39 is 24.0 Å². The monoisotopic (exact) mass is 275 g/mol. The lowest BCUT2D eigenvalue weighted by Gasteiger charge is -2.16. The predicted octanol–water partition coefficient (Wildman–Crippen LogP) is 0.779. The van der Waals surface area contributed by atoms with Gasteiger partial charge in [0.1, 0.15) is 12.0 Å². The fourth-order valence-electron chi connectivity index (χ4n) is 1.96. The van der Waals surface area contributed by atoms with Gasteiger partial charge in [-0.2, -0.15) is 5.26 Å². The first-order valence-corrected chi connectivity index (χ1v) is 5.99. The molecule has 1 aliphatic rings. The van der Waals surface area contributed by atoms with Gasteiger partial charge in [0.15, 0.2) is 0 Å². The van der Waals surface area contributed by atoms with Gasteiger partial charge in [0.2, 0.25) is 0 Å². The van der Waals surface area contributed by atoms with Gasteiger partial charge < -0.3 is 20.5 Å². The van der Waals surface area contributed by atoms with Crippen LogP contribution < -0.4 is 10.6 Å². The Morgan fingerprint density at radius 3 is 2.80 bits per heavy atom. The predicted molar refractivity (Wildman–Crippen MR) is 69.0 cm³/mol. The van der Waals surface area contributed by atoms with Crippen LogP contribution >= 0.6 is 0 Å². The number of urea groups is 1. The Morgan fingerprint density at radius 1 is 1.35 bits per heavy atom. The first-order chi connectivity index (χ1) is 9.61. The van der Waals surface area contributed by atoms with Gasteiger partial charge >= 0.3 is 12.0 Å². The smallest absolute Gasteiger partial charge is 0.319 e. The minimum atomic E-state index is -1.01. The van der Waals surface area contributed by atoms with Gasteiger partial charge in [-0.1, -0.05) is 12.1 Å². The van der Waals surface area contributed by atoms with Crippen molar-refractivity contribution in [1.29, 1.82) is 5.26 Å². The van der Waals surface area contributed by atoms with Gasteiger partial charge in [-0.15, -0.1) is 0 Å². The first-order valence-electron chi connectivity index (χ1n) is 5.99. The van der Waals surface area contributed by atoms with Crippen molar-refractivity contribution in [2.75, 3.05) is 18.5 Å². The number of amides is 2. The summed E-state index contributed by atoms with van der Waals surface area (Å²) in [5, 5.41) is 23.0. The van der Waals surface area contributed by atoms with Gasteiger partial charge in [-0.3, -0.25) is 4.79 Å². The molecule has 104 valence electrons. The summed E-state index contributed by atoms with van der Waals surface area (Å²) < 4.78 is 5.05. The van der Waals surface area contributed by atoms with Crippen LogP contribution in [0, 0.1) is 17.2 Å². The molecular weight excluding hydrogens is 262 g/mol. The molecule has 1 heterocycles. The Morgan fingerprint density at radius 2 is 2.10 bits per heavy atom. The van der Waals surface area contributed by atoms with E-state index in [0.29, 0.717) is 11.3 Å². The molecule has 0 aromatic heterocycles. The number of hydrogen-bond donors (Lipinski definition) is 3. The molecule has 0 spiro atoms. The largest absolute Gasteiger partial charge is 0.481 e. The summed E-state index contributed by atoms with van der Waals surface area (Å²) in [6.07, 6.45) is 0. The zero-order chi connectivity index (χ0) is 14.5. The second-order valence-electron chi connectivity index (χ2n) is 4.34. The van der Waals surface area contributed by atoms with Gasteiger partial charge in [0.25, 0.3) is 0 Å². The molecule has 3 N–H and O–H groups in total. The van der Waals surface area contributed by atoms with Crippen molar-refractivity contribution in [3.05, 3.63) is 29.8 Å². The average Bonchev–Trinajstić information content (AvgIpc) is 2.87. The van der Waals surface area contributed by atoms with Gasteiger partial charge in [0, 0.05) is 0 Å². The molecule has 0 saturated carbocycles. The Hall–Kier alpha value is -2.59. The normalized spacial score (nSPS) is 20.9. The second-order valence-corrected chi connectivity index (χ2v) is 4.34. The molecule has 0 aliphatic carbocycles. The summed E-state index contributed by atoms with van der Waals surface area (Å²) in [4.78, 5) is 22.8. The number of benzene rings is 1. The number of nitrogens with one attached hydrogen (secondary N) is 2. The van der Waals surface area contributed by atoms with E-state index in [0.717, 1.165) is 0 Å². The van der Waals surface area contributed by atoms with Crippen LogP contribution in [0.1, 0.15) is 5.56 Å².